The van der Waals surface area contributed by atoms with Crippen LogP contribution in [0, 0.1) is 5.92 Å². The predicted octanol–water partition coefficient (Wildman–Crippen LogP) is 4.68. The minimum Gasteiger partial charge on any atom is -0.351 e. The number of rotatable bonds is 8. The number of nitrogens with one attached hydrogen (secondary N) is 3. The summed E-state index contributed by atoms with van der Waals surface area (Å²) in [6.45, 7) is 1.75. The molecule has 35 heavy (non-hydrogen) atoms. The van der Waals surface area contributed by atoms with Crippen LogP contribution in [0.15, 0.2) is 52.2 Å². The van der Waals surface area contributed by atoms with Crippen molar-refractivity contribution in [1.29, 1.82) is 0 Å². The van der Waals surface area contributed by atoms with E-state index in [9.17, 15) is 9.59 Å². The highest BCUT2D eigenvalue weighted by Gasteiger charge is 2.25. The van der Waals surface area contributed by atoms with Crippen molar-refractivity contribution in [3.63, 3.8) is 0 Å². The summed E-state index contributed by atoms with van der Waals surface area (Å²) in [5.41, 5.74) is 3.86. The Morgan fingerprint density at radius 3 is 2.74 bits per heavy atom. The molecule has 0 unspecified atom stereocenters. The Kier molecular flexibility index (Phi) is 7.51. The highest BCUT2D eigenvalue weighted by atomic mass is 32.2. The van der Waals surface area contributed by atoms with Crippen molar-refractivity contribution in [1.82, 2.24) is 25.6 Å². The van der Waals surface area contributed by atoms with E-state index in [1.165, 1.54) is 5.56 Å². The minimum absolute atomic E-state index is 0.323. The Hall–Kier alpha value is -3.08. The number of anilines is 1. The fourth-order valence-corrected chi connectivity index (χ4v) is 5.64. The number of hydrogen-bond acceptors (Lipinski definition) is 9. The predicted molar refractivity (Wildman–Crippen MR) is 140 cm³/mol. The van der Waals surface area contributed by atoms with Gasteiger partial charge < -0.3 is 10.6 Å². The molecule has 0 spiro atoms. The maximum Gasteiger partial charge on any atom is 0.290 e. The second-order valence-corrected chi connectivity index (χ2v) is 10.5. The molecule has 0 bridgehead atoms. The average molecular weight is 507 g/mol. The summed E-state index contributed by atoms with van der Waals surface area (Å²) in [6.07, 6.45) is 7.66. The highest BCUT2D eigenvalue weighted by Crippen LogP contribution is 2.27. The van der Waals surface area contributed by atoms with Crippen LogP contribution < -0.4 is 16.0 Å². The van der Waals surface area contributed by atoms with E-state index in [-0.39, 0.29) is 11.1 Å². The molecule has 2 amide bonds. The monoisotopic (exact) mass is 506 g/mol. The van der Waals surface area contributed by atoms with Gasteiger partial charge in [-0.1, -0.05) is 6.07 Å². The maximum atomic E-state index is 11.8. The van der Waals surface area contributed by atoms with E-state index in [1.54, 1.807) is 29.7 Å². The van der Waals surface area contributed by atoms with Crippen LogP contribution >= 0.6 is 23.1 Å². The second-order valence-electron chi connectivity index (χ2n) is 8.68. The van der Waals surface area contributed by atoms with E-state index in [0.717, 1.165) is 61.9 Å². The van der Waals surface area contributed by atoms with Gasteiger partial charge in [0.05, 0.1) is 22.0 Å². The quantitative estimate of drug-likeness (QED) is 0.378. The molecule has 8 nitrogen and oxygen atoms in total. The summed E-state index contributed by atoms with van der Waals surface area (Å²) >= 11 is 2.57. The Bertz CT molecular complexity index is 1220. The summed E-state index contributed by atoms with van der Waals surface area (Å²) in [7, 11) is 0. The minimum atomic E-state index is -0.383. The number of nitrogens with zero attached hydrogens (tertiary/aromatic N) is 3. The van der Waals surface area contributed by atoms with Crippen LogP contribution in [0.2, 0.25) is 0 Å². The molecule has 5 rings (SSSR count). The van der Waals surface area contributed by atoms with Crippen LogP contribution in [0.1, 0.15) is 37.1 Å². The van der Waals surface area contributed by atoms with Gasteiger partial charge in [0.1, 0.15) is 0 Å². The van der Waals surface area contributed by atoms with Crippen molar-refractivity contribution in [3.05, 3.63) is 63.6 Å². The van der Waals surface area contributed by atoms with Gasteiger partial charge in [-0.05, 0) is 85.6 Å². The first-order valence-electron chi connectivity index (χ1n) is 11.7. The van der Waals surface area contributed by atoms with E-state index in [0.29, 0.717) is 28.5 Å². The number of thiophene rings is 1. The lowest BCUT2D eigenvalue weighted by Crippen LogP contribution is -2.31. The second kappa shape index (κ2) is 11.1. The molecule has 3 aromatic rings. The highest BCUT2D eigenvalue weighted by molar-refractivity contribution is 8.18. The molecule has 1 saturated heterocycles. The first-order valence-corrected chi connectivity index (χ1v) is 13.4. The largest absolute Gasteiger partial charge is 0.351 e. The average Bonchev–Trinajstić information content (AvgIpc) is 3.51. The molecule has 10 heteroatoms. The summed E-state index contributed by atoms with van der Waals surface area (Å²) in [5.74, 6) is 0.804. The summed E-state index contributed by atoms with van der Waals surface area (Å²) in [5, 5.41) is 13.1. The Labute approximate surface area is 212 Å². The number of carbonyl (C=O) groups is 2. The molecule has 3 N–H and O–H groups in total. The molecule has 2 aliphatic rings. The lowest BCUT2D eigenvalue weighted by atomic mass is 9.86. The van der Waals surface area contributed by atoms with Gasteiger partial charge in [0.15, 0.2) is 0 Å². The molecule has 2 fully saturated rings. The fraction of sp³-hybridized carbons (Fsp3) is 0.320. The molecular formula is C25H26N6O2S2. The Morgan fingerprint density at radius 2 is 1.97 bits per heavy atom. The number of imide groups is 1. The van der Waals surface area contributed by atoms with Crippen LogP contribution in [0.25, 0.3) is 17.3 Å². The van der Waals surface area contributed by atoms with Crippen LogP contribution in [0.4, 0.5) is 10.7 Å². The molecule has 0 atom stereocenters. The van der Waals surface area contributed by atoms with Crippen molar-refractivity contribution in [2.75, 3.05) is 11.9 Å². The van der Waals surface area contributed by atoms with Crippen molar-refractivity contribution >= 4 is 46.3 Å². The molecule has 180 valence electrons. The molecule has 1 aliphatic heterocycles. The number of hydrogen-bond donors (Lipinski definition) is 3. The summed E-state index contributed by atoms with van der Waals surface area (Å²) in [6, 6.07) is 10.4. The van der Waals surface area contributed by atoms with Crippen LogP contribution in [0.3, 0.4) is 0 Å². The molecule has 0 radical (unpaired) electrons. The molecule has 1 aliphatic carbocycles. The van der Waals surface area contributed by atoms with Gasteiger partial charge in [-0.25, -0.2) is 9.97 Å². The van der Waals surface area contributed by atoms with Gasteiger partial charge in [-0.2, -0.15) is 11.3 Å². The SMILES string of the molecule is O=C1NC(=O)C(=Cc2ccnc(NC3CCC(CNCc4cccc(-c5ccsc5)n4)CC3)n2)S1. The third-order valence-corrected chi connectivity index (χ3v) is 7.63. The molecule has 4 heterocycles. The van der Waals surface area contributed by atoms with Gasteiger partial charge in [-0.15, -0.1) is 0 Å². The zero-order valence-corrected chi connectivity index (χ0v) is 20.7. The van der Waals surface area contributed by atoms with E-state index in [1.807, 2.05) is 0 Å². The third kappa shape index (κ3) is 6.33. The number of pyridine rings is 1. The van der Waals surface area contributed by atoms with Gasteiger partial charge in [0.2, 0.25) is 5.95 Å². The lowest BCUT2D eigenvalue weighted by Gasteiger charge is -2.29. The van der Waals surface area contributed by atoms with E-state index in [4.69, 9.17) is 4.98 Å². The van der Waals surface area contributed by atoms with Crippen molar-refractivity contribution in [2.24, 2.45) is 5.92 Å². The van der Waals surface area contributed by atoms with E-state index in [2.05, 4.69) is 60.9 Å². The summed E-state index contributed by atoms with van der Waals surface area (Å²) in [4.78, 5) is 37.0. The molecule has 1 saturated carbocycles. The number of carbonyl (C=O) groups excluding carboxylic acids is 2. The molecular weight excluding hydrogens is 480 g/mol. The van der Waals surface area contributed by atoms with Gasteiger partial charge in [0, 0.05) is 29.7 Å². The van der Waals surface area contributed by atoms with Crippen LogP contribution in [-0.2, 0) is 11.3 Å². The van der Waals surface area contributed by atoms with Gasteiger partial charge in [0.25, 0.3) is 11.1 Å². The lowest BCUT2D eigenvalue weighted by molar-refractivity contribution is -0.115. The van der Waals surface area contributed by atoms with Gasteiger partial charge >= 0.3 is 0 Å². The normalized spacial score (nSPS) is 21.3. The first-order chi connectivity index (χ1) is 17.1. The van der Waals surface area contributed by atoms with Crippen molar-refractivity contribution in [3.8, 4) is 11.3 Å². The molecule has 3 aromatic heterocycles. The zero-order chi connectivity index (χ0) is 24.0. The zero-order valence-electron chi connectivity index (χ0n) is 19.1. The fourth-order valence-electron chi connectivity index (χ4n) is 4.32. The maximum absolute atomic E-state index is 11.8. The number of thioether (sulfide) groups is 1. The van der Waals surface area contributed by atoms with Gasteiger partial charge in [-0.3, -0.25) is 19.9 Å². The Balaban J connectivity index is 1.07. The topological polar surface area (TPSA) is 109 Å². The van der Waals surface area contributed by atoms with Crippen molar-refractivity contribution < 1.29 is 9.59 Å². The standard InChI is InChI=1S/C25H26N6O2S2/c32-23-22(35-25(33)31-23)12-19-8-10-27-24(30-19)29-18-6-4-16(5-7-18)13-26-14-20-2-1-3-21(28-20)17-9-11-34-15-17/h1-3,8-12,15-16,18,26H,4-7,13-14H2,(H,27,29,30)(H,31,32,33). The third-order valence-electron chi connectivity index (χ3n) is 6.14. The smallest absolute Gasteiger partial charge is 0.290 e. The number of amides is 2. The Morgan fingerprint density at radius 1 is 1.09 bits per heavy atom. The summed E-state index contributed by atoms with van der Waals surface area (Å²) < 4.78 is 0. The van der Waals surface area contributed by atoms with Crippen LogP contribution in [0.5, 0.6) is 0 Å². The van der Waals surface area contributed by atoms with Crippen LogP contribution in [-0.4, -0.2) is 38.7 Å². The van der Waals surface area contributed by atoms with Crippen molar-refractivity contribution in [2.45, 2.75) is 38.3 Å². The van der Waals surface area contributed by atoms with E-state index < -0.39 is 0 Å². The first kappa shape index (κ1) is 23.7. The van der Waals surface area contributed by atoms with E-state index >= 15 is 0 Å². The molecule has 0 aromatic carbocycles. The number of aromatic nitrogens is 3.